The van der Waals surface area contributed by atoms with Gasteiger partial charge < -0.3 is 4.74 Å². The van der Waals surface area contributed by atoms with Crippen molar-refractivity contribution < 1.29 is 14.1 Å². The van der Waals surface area contributed by atoms with Crippen LogP contribution in [-0.4, -0.2) is 13.1 Å². The number of hydrogen-bond donors (Lipinski definition) is 0. The molecule has 1 heterocycles. The summed E-state index contributed by atoms with van der Waals surface area (Å²) in [5.74, 6) is -0.310. The number of methoxy groups -OCH3 is 1. The highest BCUT2D eigenvalue weighted by Crippen LogP contribution is 2.16. The third-order valence-corrected chi connectivity index (χ3v) is 3.68. The summed E-state index contributed by atoms with van der Waals surface area (Å²) < 4.78 is 6.88. The molecule has 0 aliphatic rings. The van der Waals surface area contributed by atoms with Crippen molar-refractivity contribution in [3.8, 4) is 11.1 Å². The van der Waals surface area contributed by atoms with Gasteiger partial charge in [-0.2, -0.15) is 0 Å². The zero-order chi connectivity index (χ0) is 16.1. The normalized spacial score (nSPS) is 10.3. The van der Waals surface area contributed by atoms with E-state index in [2.05, 4.69) is 29.0 Å². The first kappa shape index (κ1) is 15.0. The maximum atomic E-state index is 11.6. The van der Waals surface area contributed by atoms with Crippen molar-refractivity contribution in [3.63, 3.8) is 0 Å². The minimum atomic E-state index is -0.310. The van der Waals surface area contributed by atoms with Gasteiger partial charge in [0, 0.05) is 17.2 Å². The number of pyridine rings is 1. The summed E-state index contributed by atoms with van der Waals surface area (Å²) in [6.07, 6.45) is 4.14. The van der Waals surface area contributed by atoms with Crippen molar-refractivity contribution in [1.29, 1.82) is 0 Å². The van der Waals surface area contributed by atoms with Crippen LogP contribution in [0.4, 0.5) is 0 Å². The third kappa shape index (κ3) is 3.64. The van der Waals surface area contributed by atoms with Crippen LogP contribution in [-0.2, 0) is 11.3 Å². The molecule has 0 aliphatic carbocycles. The van der Waals surface area contributed by atoms with Gasteiger partial charge in [-0.1, -0.05) is 42.5 Å². The molecule has 0 N–H and O–H groups in total. The lowest BCUT2D eigenvalue weighted by Gasteiger charge is -2.03. The fourth-order valence-electron chi connectivity index (χ4n) is 2.55. The van der Waals surface area contributed by atoms with E-state index >= 15 is 0 Å². The van der Waals surface area contributed by atoms with Crippen molar-refractivity contribution in [2.24, 2.45) is 0 Å². The molecule has 3 rings (SSSR count). The first-order valence-corrected chi connectivity index (χ1v) is 7.48. The van der Waals surface area contributed by atoms with E-state index in [1.807, 2.05) is 48.7 Å². The molecule has 3 aromatic rings. The van der Waals surface area contributed by atoms with Gasteiger partial charge in [0.15, 0.2) is 18.9 Å². The topological polar surface area (TPSA) is 30.2 Å². The highest BCUT2D eigenvalue weighted by atomic mass is 16.5. The van der Waals surface area contributed by atoms with E-state index in [1.54, 1.807) is 6.07 Å². The van der Waals surface area contributed by atoms with Gasteiger partial charge >= 0.3 is 5.97 Å². The van der Waals surface area contributed by atoms with Gasteiger partial charge in [-0.05, 0) is 23.8 Å². The lowest BCUT2D eigenvalue weighted by molar-refractivity contribution is -0.687. The van der Waals surface area contributed by atoms with E-state index in [0.29, 0.717) is 12.1 Å². The van der Waals surface area contributed by atoms with E-state index in [9.17, 15) is 4.79 Å². The van der Waals surface area contributed by atoms with Gasteiger partial charge in [0.1, 0.15) is 0 Å². The Kier molecular flexibility index (Phi) is 4.48. The number of aromatic nitrogens is 1. The van der Waals surface area contributed by atoms with Crippen LogP contribution in [0.2, 0.25) is 0 Å². The number of ether oxygens (including phenoxy) is 1. The smallest absolute Gasteiger partial charge is 0.337 e. The monoisotopic (exact) mass is 304 g/mol. The predicted molar refractivity (Wildman–Crippen MR) is 89.0 cm³/mol. The Bertz CT molecular complexity index is 813. The van der Waals surface area contributed by atoms with E-state index in [1.165, 1.54) is 12.7 Å². The summed E-state index contributed by atoms with van der Waals surface area (Å²) in [5.41, 5.74) is 3.98. The molecule has 0 atom stereocenters. The number of esters is 1. The van der Waals surface area contributed by atoms with Crippen LogP contribution in [0, 0.1) is 0 Å². The highest BCUT2D eigenvalue weighted by molar-refractivity contribution is 5.89. The zero-order valence-corrected chi connectivity index (χ0v) is 13.0. The number of rotatable bonds is 4. The van der Waals surface area contributed by atoms with Gasteiger partial charge in [-0.3, -0.25) is 0 Å². The van der Waals surface area contributed by atoms with Gasteiger partial charge in [-0.25, -0.2) is 9.36 Å². The second-order valence-corrected chi connectivity index (χ2v) is 5.32. The summed E-state index contributed by atoms with van der Waals surface area (Å²) in [7, 11) is 1.40. The minimum Gasteiger partial charge on any atom is -0.465 e. The van der Waals surface area contributed by atoms with E-state index in [4.69, 9.17) is 4.74 Å². The first-order valence-electron chi connectivity index (χ1n) is 7.48. The van der Waals surface area contributed by atoms with E-state index in [-0.39, 0.29) is 5.97 Å². The summed E-state index contributed by atoms with van der Waals surface area (Å²) >= 11 is 0. The van der Waals surface area contributed by atoms with Crippen LogP contribution in [0.25, 0.3) is 11.1 Å². The lowest BCUT2D eigenvalue weighted by atomic mass is 10.1. The van der Waals surface area contributed by atoms with Crippen LogP contribution in [0.5, 0.6) is 0 Å². The fourth-order valence-corrected chi connectivity index (χ4v) is 2.55. The molecule has 0 fully saturated rings. The number of benzene rings is 2. The molecule has 0 radical (unpaired) electrons. The van der Waals surface area contributed by atoms with Crippen LogP contribution in [0.1, 0.15) is 15.9 Å². The quantitative estimate of drug-likeness (QED) is 0.546. The van der Waals surface area contributed by atoms with Crippen LogP contribution in [0.3, 0.4) is 0 Å². The summed E-state index contributed by atoms with van der Waals surface area (Å²) in [5, 5.41) is 0. The maximum Gasteiger partial charge on any atom is 0.337 e. The molecule has 0 unspecified atom stereocenters. The number of carbonyl (C=O) groups excluding carboxylic acids is 1. The average molecular weight is 304 g/mol. The van der Waals surface area contributed by atoms with E-state index in [0.717, 1.165) is 11.1 Å². The number of nitrogens with zero attached hydrogens (tertiary/aromatic N) is 1. The molecular formula is C20H18NO2+. The maximum absolute atomic E-state index is 11.6. The van der Waals surface area contributed by atoms with Crippen molar-refractivity contribution in [1.82, 2.24) is 0 Å². The predicted octanol–water partition coefficient (Wildman–Crippen LogP) is 3.48. The molecule has 1 aromatic heterocycles. The van der Waals surface area contributed by atoms with E-state index < -0.39 is 0 Å². The summed E-state index contributed by atoms with van der Waals surface area (Å²) in [6, 6.07) is 21.9. The molecule has 0 aliphatic heterocycles. The minimum absolute atomic E-state index is 0.310. The fraction of sp³-hybridized carbons (Fsp3) is 0.100. The standard InChI is InChI=1S/C20H18NO2/c1-23-20(22)18-10-5-7-16(13-18)14-21-12-6-11-19(15-21)17-8-3-2-4-9-17/h2-13,15H,14H2,1H3/q+1. The van der Waals surface area contributed by atoms with Crippen LogP contribution < -0.4 is 4.57 Å². The molecule has 2 aromatic carbocycles. The Morgan fingerprint density at radius 3 is 2.52 bits per heavy atom. The third-order valence-electron chi connectivity index (χ3n) is 3.68. The Labute approximate surface area is 135 Å². The molecular weight excluding hydrogens is 286 g/mol. The van der Waals surface area contributed by atoms with Crippen molar-refractivity contribution in [3.05, 3.63) is 90.3 Å². The molecule has 0 bridgehead atoms. The second-order valence-electron chi connectivity index (χ2n) is 5.32. The van der Waals surface area contributed by atoms with Gasteiger partial charge in [0.2, 0.25) is 0 Å². The van der Waals surface area contributed by atoms with Crippen LogP contribution >= 0.6 is 0 Å². The van der Waals surface area contributed by atoms with Gasteiger partial charge in [0.05, 0.1) is 12.7 Å². The van der Waals surface area contributed by atoms with Gasteiger partial charge in [0.25, 0.3) is 0 Å². The Morgan fingerprint density at radius 2 is 1.74 bits per heavy atom. The van der Waals surface area contributed by atoms with Crippen molar-refractivity contribution in [2.45, 2.75) is 6.54 Å². The SMILES string of the molecule is COC(=O)c1cccc(C[n+]2cccc(-c3ccccc3)c2)c1. The Hall–Kier alpha value is -2.94. The largest absolute Gasteiger partial charge is 0.465 e. The van der Waals surface area contributed by atoms with Crippen molar-refractivity contribution in [2.75, 3.05) is 7.11 Å². The Balaban J connectivity index is 1.85. The van der Waals surface area contributed by atoms with Gasteiger partial charge in [-0.15, -0.1) is 0 Å². The first-order chi connectivity index (χ1) is 11.3. The molecule has 0 spiro atoms. The summed E-state index contributed by atoms with van der Waals surface area (Å²) in [4.78, 5) is 11.6. The molecule has 23 heavy (non-hydrogen) atoms. The second kappa shape index (κ2) is 6.88. The summed E-state index contributed by atoms with van der Waals surface area (Å²) in [6.45, 7) is 0.700. The molecule has 0 amide bonds. The molecule has 3 heteroatoms. The zero-order valence-electron chi connectivity index (χ0n) is 13.0. The average Bonchev–Trinajstić information content (AvgIpc) is 2.62. The molecule has 114 valence electrons. The van der Waals surface area contributed by atoms with Crippen molar-refractivity contribution >= 4 is 5.97 Å². The molecule has 3 nitrogen and oxygen atoms in total. The molecule has 0 saturated heterocycles. The number of hydrogen-bond acceptors (Lipinski definition) is 2. The molecule has 0 saturated carbocycles. The lowest BCUT2D eigenvalue weighted by Crippen LogP contribution is -2.33. The number of carbonyl (C=O) groups is 1. The highest BCUT2D eigenvalue weighted by Gasteiger charge is 2.09. The van der Waals surface area contributed by atoms with Crippen LogP contribution in [0.15, 0.2) is 79.1 Å². The Morgan fingerprint density at radius 1 is 0.957 bits per heavy atom.